The van der Waals surface area contributed by atoms with Crippen LogP contribution in [0, 0.1) is 11.8 Å². The lowest BCUT2D eigenvalue weighted by Crippen LogP contribution is -2.45. The lowest BCUT2D eigenvalue weighted by Gasteiger charge is -2.33. The van der Waals surface area contributed by atoms with E-state index < -0.39 is 5.60 Å². The first kappa shape index (κ1) is 19.4. The molecule has 0 unspecified atom stereocenters. The summed E-state index contributed by atoms with van der Waals surface area (Å²) in [6.45, 7) is 0. The monoisotopic (exact) mass is 405 g/mol. The number of hydrogen-bond donors (Lipinski definition) is 2. The number of carbonyl (C=O) groups is 1. The van der Waals surface area contributed by atoms with Crippen molar-refractivity contribution in [3.8, 4) is 11.8 Å². The Morgan fingerprint density at radius 1 is 1.21 bits per heavy atom. The Morgan fingerprint density at radius 2 is 2.03 bits per heavy atom. The molecule has 1 saturated carbocycles. The summed E-state index contributed by atoms with van der Waals surface area (Å²) in [4.78, 5) is 21.3. The third-order valence-corrected chi connectivity index (χ3v) is 5.24. The van der Waals surface area contributed by atoms with Crippen LogP contribution in [0.25, 0.3) is 11.0 Å². The molecule has 3 aromatic rings. The highest BCUT2D eigenvalue weighted by atomic mass is 35.5. The number of hydrogen-bond acceptors (Lipinski definition) is 4. The Morgan fingerprint density at radius 3 is 2.86 bits per heavy atom. The fourth-order valence-corrected chi connectivity index (χ4v) is 3.76. The molecule has 1 fully saturated rings. The molecule has 2 atom stereocenters. The van der Waals surface area contributed by atoms with Gasteiger partial charge in [0.2, 0.25) is 0 Å². The molecule has 6 heteroatoms. The normalized spacial score (nSPS) is 21.2. The molecule has 0 bridgehead atoms. The van der Waals surface area contributed by atoms with Crippen LogP contribution in [-0.2, 0) is 0 Å². The highest BCUT2D eigenvalue weighted by Gasteiger charge is 2.33. The van der Waals surface area contributed by atoms with Crippen LogP contribution in [-0.4, -0.2) is 32.6 Å². The number of fused-ring (bicyclic) bond motifs is 1. The third kappa shape index (κ3) is 4.73. The van der Waals surface area contributed by atoms with Gasteiger partial charge in [-0.1, -0.05) is 41.6 Å². The molecule has 146 valence electrons. The fourth-order valence-electron chi connectivity index (χ4n) is 3.57. The number of carbonyl (C=O) groups excluding carboxylic acids is 1. The van der Waals surface area contributed by atoms with Crippen LogP contribution in [0.3, 0.4) is 0 Å². The summed E-state index contributed by atoms with van der Waals surface area (Å²) >= 11 is 5.99. The van der Waals surface area contributed by atoms with E-state index in [2.05, 4.69) is 27.1 Å². The Balaban J connectivity index is 1.45. The van der Waals surface area contributed by atoms with Gasteiger partial charge in [-0.05, 0) is 49.6 Å². The Bertz CT molecular complexity index is 1120. The van der Waals surface area contributed by atoms with Crippen LogP contribution in [0.15, 0.2) is 54.7 Å². The number of amides is 1. The average Bonchev–Trinajstić information content (AvgIpc) is 2.72. The standard InChI is InChI=1S/C23H20ClN3O2/c24-17-6-3-5-16(13-17)10-12-23(29)11-4-7-18(14-23)26-22(28)21-15-25-19-8-1-2-9-20(19)27-21/h1-3,5-6,8-9,13,15,18,29H,4,7,11,14H2,(H,26,28)/t18-,23+/m1/s1. The topological polar surface area (TPSA) is 75.1 Å². The summed E-state index contributed by atoms with van der Waals surface area (Å²) < 4.78 is 0. The first-order valence-corrected chi connectivity index (χ1v) is 9.92. The SMILES string of the molecule is O=C(N[C@@H]1CCC[C@](O)(C#Cc2cccc(Cl)c2)C1)c1cnc2ccccc2n1. The zero-order chi connectivity index (χ0) is 20.3. The first-order valence-electron chi connectivity index (χ1n) is 9.55. The second kappa shape index (κ2) is 8.20. The molecule has 5 nitrogen and oxygen atoms in total. The maximum absolute atomic E-state index is 12.6. The van der Waals surface area contributed by atoms with E-state index in [0.717, 1.165) is 23.9 Å². The van der Waals surface area contributed by atoms with Gasteiger partial charge >= 0.3 is 0 Å². The van der Waals surface area contributed by atoms with Crippen LogP contribution in [0.4, 0.5) is 0 Å². The minimum absolute atomic E-state index is 0.178. The summed E-state index contributed by atoms with van der Waals surface area (Å²) in [5.74, 6) is 5.69. The minimum Gasteiger partial charge on any atom is -0.378 e. The van der Waals surface area contributed by atoms with E-state index in [4.69, 9.17) is 11.6 Å². The van der Waals surface area contributed by atoms with E-state index in [1.54, 1.807) is 12.1 Å². The minimum atomic E-state index is -1.15. The number of benzene rings is 2. The van der Waals surface area contributed by atoms with E-state index in [-0.39, 0.29) is 17.6 Å². The molecule has 1 heterocycles. The number of nitrogens with zero attached hydrogens (tertiary/aromatic N) is 2. The molecule has 0 saturated heterocycles. The highest BCUT2D eigenvalue weighted by molar-refractivity contribution is 6.30. The Labute approximate surface area is 174 Å². The molecule has 1 aliphatic carbocycles. The number of para-hydroxylation sites is 2. The molecule has 4 rings (SSSR count). The molecule has 1 aromatic heterocycles. The number of aromatic nitrogens is 2. The van der Waals surface area contributed by atoms with Gasteiger partial charge in [0.25, 0.3) is 5.91 Å². The molecule has 1 aliphatic rings. The van der Waals surface area contributed by atoms with Gasteiger partial charge in [-0.3, -0.25) is 9.78 Å². The van der Waals surface area contributed by atoms with E-state index in [9.17, 15) is 9.90 Å². The summed E-state index contributed by atoms with van der Waals surface area (Å²) in [6.07, 6.45) is 3.98. The quantitative estimate of drug-likeness (QED) is 0.637. The van der Waals surface area contributed by atoms with Gasteiger partial charge < -0.3 is 10.4 Å². The molecular weight excluding hydrogens is 386 g/mol. The average molecular weight is 406 g/mol. The van der Waals surface area contributed by atoms with Crippen molar-refractivity contribution in [2.45, 2.75) is 37.3 Å². The largest absolute Gasteiger partial charge is 0.378 e. The van der Waals surface area contributed by atoms with Crippen molar-refractivity contribution in [1.29, 1.82) is 0 Å². The Kier molecular flexibility index (Phi) is 5.48. The van der Waals surface area contributed by atoms with Crippen molar-refractivity contribution in [3.05, 3.63) is 71.0 Å². The van der Waals surface area contributed by atoms with Crippen molar-refractivity contribution in [2.75, 3.05) is 0 Å². The smallest absolute Gasteiger partial charge is 0.271 e. The summed E-state index contributed by atoms with van der Waals surface area (Å²) in [5.41, 5.74) is 1.29. The van der Waals surface area contributed by atoms with Crippen LogP contribution < -0.4 is 5.32 Å². The maximum Gasteiger partial charge on any atom is 0.271 e. The van der Waals surface area contributed by atoms with Crippen LogP contribution in [0.1, 0.15) is 41.7 Å². The van der Waals surface area contributed by atoms with Crippen LogP contribution >= 0.6 is 11.6 Å². The van der Waals surface area contributed by atoms with Crippen LogP contribution in [0.2, 0.25) is 5.02 Å². The van der Waals surface area contributed by atoms with Crippen LogP contribution in [0.5, 0.6) is 0 Å². The second-order valence-corrected chi connectivity index (χ2v) is 7.74. The highest BCUT2D eigenvalue weighted by Crippen LogP contribution is 2.28. The zero-order valence-electron chi connectivity index (χ0n) is 15.7. The van der Waals surface area contributed by atoms with Crippen molar-refractivity contribution in [2.24, 2.45) is 0 Å². The summed E-state index contributed by atoms with van der Waals surface area (Å²) in [7, 11) is 0. The lowest BCUT2D eigenvalue weighted by atomic mass is 9.82. The van der Waals surface area contributed by atoms with Crippen molar-refractivity contribution >= 4 is 28.5 Å². The molecule has 29 heavy (non-hydrogen) atoms. The molecule has 2 N–H and O–H groups in total. The van der Waals surface area contributed by atoms with Crippen molar-refractivity contribution < 1.29 is 9.90 Å². The van der Waals surface area contributed by atoms with E-state index in [1.165, 1.54) is 6.20 Å². The maximum atomic E-state index is 12.6. The second-order valence-electron chi connectivity index (χ2n) is 7.30. The Hall–Kier alpha value is -2.94. The molecular formula is C23H20ClN3O2. The number of halogens is 1. The van der Waals surface area contributed by atoms with Crippen molar-refractivity contribution in [1.82, 2.24) is 15.3 Å². The van der Waals surface area contributed by atoms with Gasteiger partial charge in [0.15, 0.2) is 0 Å². The van der Waals surface area contributed by atoms with Gasteiger partial charge in [-0.25, -0.2) is 4.98 Å². The van der Waals surface area contributed by atoms with Gasteiger partial charge in [0.1, 0.15) is 11.3 Å². The van der Waals surface area contributed by atoms with E-state index >= 15 is 0 Å². The molecule has 1 amide bonds. The molecule has 0 radical (unpaired) electrons. The molecule has 2 aromatic carbocycles. The molecule has 0 spiro atoms. The zero-order valence-corrected chi connectivity index (χ0v) is 16.5. The lowest BCUT2D eigenvalue weighted by molar-refractivity contribution is 0.0451. The van der Waals surface area contributed by atoms with Crippen molar-refractivity contribution in [3.63, 3.8) is 0 Å². The van der Waals surface area contributed by atoms with Gasteiger partial charge in [-0.15, -0.1) is 0 Å². The van der Waals surface area contributed by atoms with E-state index in [1.807, 2.05) is 36.4 Å². The molecule has 0 aliphatic heterocycles. The fraction of sp³-hybridized carbons (Fsp3) is 0.261. The summed E-state index contributed by atoms with van der Waals surface area (Å²) in [5, 5.41) is 14.5. The number of aliphatic hydroxyl groups is 1. The first-order chi connectivity index (χ1) is 14.0. The predicted molar refractivity (Wildman–Crippen MR) is 113 cm³/mol. The van der Waals surface area contributed by atoms with Gasteiger partial charge in [0, 0.05) is 23.0 Å². The summed E-state index contributed by atoms with van der Waals surface area (Å²) in [6, 6.07) is 14.5. The predicted octanol–water partition coefficient (Wildman–Crippen LogP) is 3.74. The van der Waals surface area contributed by atoms with Gasteiger partial charge in [0.05, 0.1) is 17.2 Å². The number of rotatable bonds is 2. The van der Waals surface area contributed by atoms with E-state index in [0.29, 0.717) is 23.4 Å². The van der Waals surface area contributed by atoms with Gasteiger partial charge in [-0.2, -0.15) is 0 Å². The number of nitrogens with one attached hydrogen (secondary N) is 1. The third-order valence-electron chi connectivity index (χ3n) is 5.01.